The molecule has 0 unspecified atom stereocenters. The molecule has 15 heavy (non-hydrogen) atoms. The van der Waals surface area contributed by atoms with Crippen molar-refractivity contribution < 1.29 is 8.42 Å². The molecule has 0 aromatic carbocycles. The van der Waals surface area contributed by atoms with E-state index in [4.69, 9.17) is 0 Å². The first kappa shape index (κ1) is 15.4. The summed E-state index contributed by atoms with van der Waals surface area (Å²) < 4.78 is 22.7. The zero-order valence-electron chi connectivity index (χ0n) is 9.87. The van der Waals surface area contributed by atoms with Gasteiger partial charge in [0.15, 0.2) is 9.84 Å². The Labute approximate surface area is 102 Å². The molecular formula is C10H22BrNO2S. The Morgan fingerprint density at radius 3 is 2.27 bits per heavy atom. The van der Waals surface area contributed by atoms with Crippen LogP contribution in [-0.4, -0.2) is 49.3 Å². The molecule has 92 valence electrons. The van der Waals surface area contributed by atoms with Gasteiger partial charge in [-0.15, -0.1) is 0 Å². The first-order valence-electron chi connectivity index (χ1n) is 5.43. The molecule has 5 heteroatoms. The van der Waals surface area contributed by atoms with Gasteiger partial charge in [0, 0.05) is 23.7 Å². The molecule has 3 nitrogen and oxygen atoms in total. The highest BCUT2D eigenvalue weighted by Crippen LogP contribution is 2.02. The fraction of sp³-hybridized carbons (Fsp3) is 1.00. The maximum Gasteiger partial charge on any atom is 0.151 e. The lowest BCUT2D eigenvalue weighted by Crippen LogP contribution is -2.36. The van der Waals surface area contributed by atoms with Crippen LogP contribution in [0.2, 0.25) is 0 Å². The minimum atomic E-state index is -2.83. The van der Waals surface area contributed by atoms with Gasteiger partial charge in [0.2, 0.25) is 0 Å². The molecule has 0 saturated heterocycles. The van der Waals surface area contributed by atoms with E-state index in [-0.39, 0.29) is 11.5 Å². The maximum absolute atomic E-state index is 11.4. The minimum absolute atomic E-state index is 0.247. The number of sulfone groups is 1. The van der Waals surface area contributed by atoms with Crippen LogP contribution in [0.5, 0.6) is 0 Å². The topological polar surface area (TPSA) is 37.4 Å². The summed E-state index contributed by atoms with van der Waals surface area (Å²) in [4.78, 5) is 2.22. The molecule has 0 saturated carbocycles. The molecule has 0 atom stereocenters. The Bertz CT molecular complexity index is 252. The number of nitrogens with zero attached hydrogens (tertiary/aromatic N) is 1. The predicted molar refractivity (Wildman–Crippen MR) is 69.4 cm³/mol. The first-order valence-corrected chi connectivity index (χ1v) is 8.37. The molecule has 0 aromatic rings. The van der Waals surface area contributed by atoms with Crippen LogP contribution in [0.1, 0.15) is 27.2 Å². The molecule has 0 amide bonds. The van der Waals surface area contributed by atoms with E-state index in [2.05, 4.69) is 34.7 Å². The fourth-order valence-electron chi connectivity index (χ4n) is 1.29. The van der Waals surface area contributed by atoms with E-state index in [0.717, 1.165) is 18.3 Å². The lowest BCUT2D eigenvalue weighted by molar-refractivity contribution is 0.236. The number of alkyl halides is 1. The summed E-state index contributed by atoms with van der Waals surface area (Å²) in [7, 11) is -2.83. The molecule has 0 rings (SSSR count). The molecule has 0 heterocycles. The Balaban J connectivity index is 4.07. The average molecular weight is 300 g/mol. The predicted octanol–water partition coefficient (Wildman–Crippen LogP) is 1.92. The highest BCUT2D eigenvalue weighted by Gasteiger charge is 2.13. The van der Waals surface area contributed by atoms with Gasteiger partial charge in [-0.05, 0) is 26.8 Å². The Morgan fingerprint density at radius 1 is 1.27 bits per heavy atom. The van der Waals surface area contributed by atoms with Crippen molar-refractivity contribution in [3.05, 3.63) is 0 Å². The molecule has 0 spiro atoms. The summed E-state index contributed by atoms with van der Waals surface area (Å²) in [6, 6.07) is 0.413. The van der Waals surface area contributed by atoms with E-state index in [0.29, 0.717) is 12.6 Å². The van der Waals surface area contributed by atoms with E-state index in [1.807, 2.05) is 0 Å². The standard InChI is InChI=1S/C10H22BrNO2S/c1-4-15(13,14)9-8-12(10(2)3)7-5-6-11/h10H,4-9H2,1-3H3. The lowest BCUT2D eigenvalue weighted by atomic mass is 10.3. The van der Waals surface area contributed by atoms with Gasteiger partial charge in [-0.3, -0.25) is 4.90 Å². The van der Waals surface area contributed by atoms with Crippen LogP contribution in [0, 0.1) is 0 Å². The second-order valence-corrected chi connectivity index (χ2v) is 7.17. The summed E-state index contributed by atoms with van der Waals surface area (Å²) in [5, 5.41) is 0.969. The molecule has 0 fully saturated rings. The third-order valence-electron chi connectivity index (χ3n) is 2.44. The summed E-state index contributed by atoms with van der Waals surface area (Å²) in [5.74, 6) is 0.529. The van der Waals surface area contributed by atoms with Gasteiger partial charge in [0.05, 0.1) is 5.75 Å². The van der Waals surface area contributed by atoms with Crippen LogP contribution in [0.3, 0.4) is 0 Å². The molecule has 0 aliphatic heterocycles. The van der Waals surface area contributed by atoms with Crippen molar-refractivity contribution in [2.45, 2.75) is 33.2 Å². The molecule has 0 aliphatic carbocycles. The maximum atomic E-state index is 11.4. The van der Waals surface area contributed by atoms with Crippen LogP contribution in [0.15, 0.2) is 0 Å². The van der Waals surface area contributed by atoms with E-state index >= 15 is 0 Å². The molecule has 0 bridgehead atoms. The highest BCUT2D eigenvalue weighted by atomic mass is 79.9. The van der Waals surface area contributed by atoms with E-state index in [1.54, 1.807) is 6.92 Å². The summed E-state index contributed by atoms with van der Waals surface area (Å²) in [6.07, 6.45) is 1.06. The van der Waals surface area contributed by atoms with E-state index in [9.17, 15) is 8.42 Å². The van der Waals surface area contributed by atoms with Crippen molar-refractivity contribution in [2.24, 2.45) is 0 Å². The van der Waals surface area contributed by atoms with E-state index < -0.39 is 9.84 Å². The fourth-order valence-corrected chi connectivity index (χ4v) is 2.34. The summed E-state index contributed by atoms with van der Waals surface area (Å²) >= 11 is 3.39. The second kappa shape index (κ2) is 7.63. The molecule has 0 aromatic heterocycles. The van der Waals surface area contributed by atoms with Gasteiger partial charge in [-0.1, -0.05) is 22.9 Å². The smallest absolute Gasteiger partial charge is 0.151 e. The van der Waals surface area contributed by atoms with Gasteiger partial charge in [-0.25, -0.2) is 8.42 Å². The van der Waals surface area contributed by atoms with Crippen LogP contribution in [0.25, 0.3) is 0 Å². The van der Waals surface area contributed by atoms with Gasteiger partial charge in [0.25, 0.3) is 0 Å². The van der Waals surface area contributed by atoms with Crippen LogP contribution in [0.4, 0.5) is 0 Å². The monoisotopic (exact) mass is 299 g/mol. The molecule has 0 N–H and O–H groups in total. The van der Waals surface area contributed by atoms with Crippen LogP contribution < -0.4 is 0 Å². The summed E-state index contributed by atoms with van der Waals surface area (Å²) in [6.45, 7) is 7.52. The summed E-state index contributed by atoms with van der Waals surface area (Å²) in [5.41, 5.74) is 0. The Morgan fingerprint density at radius 2 is 1.87 bits per heavy atom. The molecule has 0 radical (unpaired) electrons. The largest absolute Gasteiger partial charge is 0.300 e. The number of hydrogen-bond donors (Lipinski definition) is 0. The van der Waals surface area contributed by atoms with Crippen LogP contribution >= 0.6 is 15.9 Å². The average Bonchev–Trinajstić information content (AvgIpc) is 2.17. The van der Waals surface area contributed by atoms with Crippen molar-refractivity contribution in [3.8, 4) is 0 Å². The highest BCUT2D eigenvalue weighted by molar-refractivity contribution is 9.09. The van der Waals surface area contributed by atoms with Crippen molar-refractivity contribution in [3.63, 3.8) is 0 Å². The normalized spacial score (nSPS) is 12.7. The number of halogens is 1. The third-order valence-corrected chi connectivity index (χ3v) is 4.68. The second-order valence-electron chi connectivity index (χ2n) is 3.91. The SMILES string of the molecule is CCS(=O)(=O)CCN(CCCBr)C(C)C. The zero-order valence-corrected chi connectivity index (χ0v) is 12.3. The van der Waals surface area contributed by atoms with Crippen LogP contribution in [-0.2, 0) is 9.84 Å². The third kappa shape index (κ3) is 7.30. The van der Waals surface area contributed by atoms with Crippen molar-refractivity contribution >= 4 is 25.8 Å². The van der Waals surface area contributed by atoms with Crippen molar-refractivity contribution in [1.82, 2.24) is 4.90 Å². The van der Waals surface area contributed by atoms with Gasteiger partial charge < -0.3 is 0 Å². The minimum Gasteiger partial charge on any atom is -0.300 e. The number of hydrogen-bond acceptors (Lipinski definition) is 3. The van der Waals surface area contributed by atoms with Gasteiger partial charge in [-0.2, -0.15) is 0 Å². The molecule has 0 aliphatic rings. The Hall–Kier alpha value is 0.390. The lowest BCUT2D eigenvalue weighted by Gasteiger charge is -2.25. The van der Waals surface area contributed by atoms with Gasteiger partial charge in [0.1, 0.15) is 0 Å². The molecular weight excluding hydrogens is 278 g/mol. The van der Waals surface area contributed by atoms with E-state index in [1.165, 1.54) is 0 Å². The van der Waals surface area contributed by atoms with Crippen molar-refractivity contribution in [2.75, 3.05) is 29.9 Å². The van der Waals surface area contributed by atoms with Gasteiger partial charge >= 0.3 is 0 Å². The quantitative estimate of drug-likeness (QED) is 0.643. The first-order chi connectivity index (χ1) is 6.93. The number of rotatable bonds is 8. The Kier molecular flexibility index (Phi) is 7.83. The van der Waals surface area contributed by atoms with Crippen molar-refractivity contribution in [1.29, 1.82) is 0 Å². The zero-order chi connectivity index (χ0) is 11.9.